The lowest BCUT2D eigenvalue weighted by Gasteiger charge is -2.34. The third kappa shape index (κ3) is 9.14. The maximum atomic E-state index is 14.7. The molecule has 4 aromatic carbocycles. The molecule has 11 heteroatoms. The highest BCUT2D eigenvalue weighted by atomic mass is 79.9. The molecule has 1 unspecified atom stereocenters. The molecule has 1 N–H and O–H groups in total. The van der Waals surface area contributed by atoms with Crippen LogP contribution in [0.2, 0.25) is 0 Å². The van der Waals surface area contributed by atoms with E-state index >= 15 is 0 Å². The number of carbonyl (C=O) groups is 2. The van der Waals surface area contributed by atoms with Crippen molar-refractivity contribution in [3.8, 4) is 11.5 Å². The number of carbonyl (C=O) groups excluding carboxylic acids is 2. The summed E-state index contributed by atoms with van der Waals surface area (Å²) in [5.74, 6) is -0.322. The fourth-order valence-electron chi connectivity index (χ4n) is 5.11. The van der Waals surface area contributed by atoms with E-state index in [2.05, 4.69) is 21.2 Å². The largest absolute Gasteiger partial charge is 0.497 e. The summed E-state index contributed by atoms with van der Waals surface area (Å²) in [4.78, 5) is 30.0. The topological polar surface area (TPSA) is 105 Å². The van der Waals surface area contributed by atoms with Crippen molar-refractivity contribution in [1.82, 2.24) is 10.2 Å². The quantitative estimate of drug-likeness (QED) is 0.168. The molecule has 9 nitrogen and oxygen atoms in total. The minimum atomic E-state index is -4.32. The monoisotopic (exact) mass is 721 g/mol. The molecule has 1 atom stereocenters. The van der Waals surface area contributed by atoms with Crippen LogP contribution in [-0.2, 0) is 32.6 Å². The van der Waals surface area contributed by atoms with Gasteiger partial charge >= 0.3 is 0 Å². The van der Waals surface area contributed by atoms with E-state index in [1.165, 1.54) is 37.3 Å². The average Bonchev–Trinajstić information content (AvgIpc) is 3.05. The highest BCUT2D eigenvalue weighted by molar-refractivity contribution is 9.10. The number of anilines is 1. The Morgan fingerprint density at radius 3 is 2.15 bits per heavy atom. The Morgan fingerprint density at radius 1 is 0.851 bits per heavy atom. The van der Waals surface area contributed by atoms with Crippen molar-refractivity contribution in [2.75, 3.05) is 25.1 Å². The Labute approximate surface area is 285 Å². The molecule has 0 spiro atoms. The van der Waals surface area contributed by atoms with Gasteiger partial charge in [-0.05, 0) is 68.3 Å². The van der Waals surface area contributed by atoms with Gasteiger partial charge in [-0.3, -0.25) is 13.9 Å². The summed E-state index contributed by atoms with van der Waals surface area (Å²) < 4.78 is 41.6. The minimum absolute atomic E-state index is 0.00213. The first-order valence-electron chi connectivity index (χ1n) is 15.1. The molecule has 0 aliphatic rings. The van der Waals surface area contributed by atoms with Gasteiger partial charge in [0, 0.05) is 29.5 Å². The molecule has 0 aliphatic carbocycles. The molecule has 0 radical (unpaired) electrons. The van der Waals surface area contributed by atoms with Gasteiger partial charge in [0.15, 0.2) is 0 Å². The number of halogens is 1. The lowest BCUT2D eigenvalue weighted by atomic mass is 10.0. The zero-order valence-corrected chi connectivity index (χ0v) is 29.5. The van der Waals surface area contributed by atoms with Gasteiger partial charge in [-0.1, -0.05) is 76.1 Å². The SMILES string of the molecule is COc1ccc(OC)c(N(CC(=O)N(Cc2cccc(Br)c2)C(Cc2ccccc2)C(=O)NC(C)C)S(=O)(=O)c2ccc(C)cc2)c1. The minimum Gasteiger partial charge on any atom is -0.497 e. The van der Waals surface area contributed by atoms with Crippen molar-refractivity contribution < 1.29 is 27.5 Å². The molecular weight excluding hydrogens is 682 g/mol. The third-order valence-corrected chi connectivity index (χ3v) is 9.75. The number of methoxy groups -OCH3 is 2. The van der Waals surface area contributed by atoms with E-state index < -0.39 is 28.5 Å². The molecule has 0 bridgehead atoms. The number of ether oxygens (including phenoxy) is 2. The molecule has 4 aromatic rings. The molecule has 0 fully saturated rings. The van der Waals surface area contributed by atoms with Crippen molar-refractivity contribution in [3.63, 3.8) is 0 Å². The van der Waals surface area contributed by atoms with Crippen molar-refractivity contribution in [2.45, 2.75) is 50.7 Å². The van der Waals surface area contributed by atoms with E-state index in [9.17, 15) is 18.0 Å². The molecule has 0 saturated heterocycles. The predicted molar refractivity (Wildman–Crippen MR) is 187 cm³/mol. The van der Waals surface area contributed by atoms with Gasteiger partial charge in [0.2, 0.25) is 11.8 Å². The first-order chi connectivity index (χ1) is 22.4. The highest BCUT2D eigenvalue weighted by Gasteiger charge is 2.36. The molecule has 0 heterocycles. The van der Waals surface area contributed by atoms with E-state index in [1.54, 1.807) is 24.3 Å². The van der Waals surface area contributed by atoms with Crippen LogP contribution in [0.25, 0.3) is 0 Å². The molecule has 2 amide bonds. The standard InChI is InChI=1S/C36H40BrN3O6S/c1-25(2)38-36(42)33(21-27-10-7-6-8-11-27)39(23-28-12-9-13-29(37)20-28)35(41)24-40(32-22-30(45-4)16-19-34(32)46-5)47(43,44)31-17-14-26(3)15-18-31/h6-20,22,25,33H,21,23-24H2,1-5H3,(H,38,42). The zero-order chi connectivity index (χ0) is 34.1. The van der Waals surface area contributed by atoms with Crippen LogP contribution < -0.4 is 19.1 Å². The third-order valence-electron chi connectivity index (χ3n) is 7.49. The maximum Gasteiger partial charge on any atom is 0.264 e. The van der Waals surface area contributed by atoms with Crippen molar-refractivity contribution in [3.05, 3.63) is 118 Å². The van der Waals surface area contributed by atoms with Crippen molar-refractivity contribution >= 4 is 43.5 Å². The summed E-state index contributed by atoms with van der Waals surface area (Å²) >= 11 is 3.50. The van der Waals surface area contributed by atoms with Crippen LogP contribution in [0.3, 0.4) is 0 Å². The molecule has 47 heavy (non-hydrogen) atoms. The normalized spacial score (nSPS) is 11.9. The van der Waals surface area contributed by atoms with Gasteiger partial charge in [0.25, 0.3) is 10.0 Å². The average molecular weight is 723 g/mol. The number of rotatable bonds is 14. The Bertz CT molecular complexity index is 1780. The van der Waals surface area contributed by atoms with Gasteiger partial charge in [-0.15, -0.1) is 0 Å². The van der Waals surface area contributed by atoms with E-state index in [4.69, 9.17) is 9.47 Å². The van der Waals surface area contributed by atoms with Gasteiger partial charge in [-0.2, -0.15) is 0 Å². The number of hydrogen-bond donors (Lipinski definition) is 1. The van der Waals surface area contributed by atoms with Crippen LogP contribution in [-0.4, -0.2) is 58.0 Å². The van der Waals surface area contributed by atoms with Gasteiger partial charge < -0.3 is 19.7 Å². The summed E-state index contributed by atoms with van der Waals surface area (Å²) in [6.07, 6.45) is 0.215. The first kappa shape index (κ1) is 35.5. The Balaban J connectivity index is 1.87. The lowest BCUT2D eigenvalue weighted by molar-refractivity contribution is -0.140. The van der Waals surface area contributed by atoms with E-state index in [0.29, 0.717) is 5.75 Å². The number of nitrogens with zero attached hydrogens (tertiary/aromatic N) is 2. The number of amides is 2. The Hall–Kier alpha value is -4.35. The molecule has 4 rings (SSSR count). The lowest BCUT2D eigenvalue weighted by Crippen LogP contribution is -2.54. The number of sulfonamides is 1. The van der Waals surface area contributed by atoms with Gasteiger partial charge in [0.1, 0.15) is 24.1 Å². The Kier molecular flexibility index (Phi) is 12.1. The fourth-order valence-corrected chi connectivity index (χ4v) is 6.97. The summed E-state index contributed by atoms with van der Waals surface area (Å²) in [7, 11) is -1.42. The van der Waals surface area contributed by atoms with Crippen LogP contribution in [0.5, 0.6) is 11.5 Å². The van der Waals surface area contributed by atoms with E-state index in [0.717, 1.165) is 25.5 Å². The second kappa shape index (κ2) is 16.0. The Morgan fingerprint density at radius 2 is 1.53 bits per heavy atom. The smallest absolute Gasteiger partial charge is 0.264 e. The van der Waals surface area contributed by atoms with Gasteiger partial charge in [-0.25, -0.2) is 8.42 Å². The fraction of sp³-hybridized carbons (Fsp3) is 0.278. The van der Waals surface area contributed by atoms with Crippen LogP contribution >= 0.6 is 15.9 Å². The van der Waals surface area contributed by atoms with Crippen molar-refractivity contribution in [1.29, 1.82) is 0 Å². The van der Waals surface area contributed by atoms with Crippen LogP contribution in [0.1, 0.15) is 30.5 Å². The van der Waals surface area contributed by atoms with Crippen molar-refractivity contribution in [2.24, 2.45) is 0 Å². The highest BCUT2D eigenvalue weighted by Crippen LogP contribution is 2.36. The maximum absolute atomic E-state index is 14.7. The van der Waals surface area contributed by atoms with Crippen LogP contribution in [0, 0.1) is 6.92 Å². The first-order valence-corrected chi connectivity index (χ1v) is 17.4. The predicted octanol–water partition coefficient (Wildman–Crippen LogP) is 6.13. The molecule has 0 aromatic heterocycles. The molecule has 248 valence electrons. The zero-order valence-electron chi connectivity index (χ0n) is 27.1. The summed E-state index contributed by atoms with van der Waals surface area (Å²) in [5.41, 5.74) is 2.61. The second-order valence-corrected chi connectivity index (χ2v) is 14.2. The van der Waals surface area contributed by atoms with Crippen LogP contribution in [0.15, 0.2) is 106 Å². The van der Waals surface area contributed by atoms with Gasteiger partial charge in [0.05, 0.1) is 24.8 Å². The molecule has 0 saturated carbocycles. The number of hydrogen-bond acceptors (Lipinski definition) is 6. The second-order valence-electron chi connectivity index (χ2n) is 11.4. The summed E-state index contributed by atoms with van der Waals surface area (Å²) in [5, 5.41) is 2.96. The number of aryl methyl sites for hydroxylation is 1. The van der Waals surface area contributed by atoms with Crippen LogP contribution in [0.4, 0.5) is 5.69 Å². The summed E-state index contributed by atoms with van der Waals surface area (Å²) in [6.45, 7) is 4.99. The van der Waals surface area contributed by atoms with E-state index in [1.807, 2.05) is 75.4 Å². The number of benzene rings is 4. The van der Waals surface area contributed by atoms with E-state index in [-0.39, 0.29) is 41.2 Å². The molecular formula is C36H40BrN3O6S. The number of nitrogens with one attached hydrogen (secondary N) is 1. The molecule has 0 aliphatic heterocycles. The summed E-state index contributed by atoms with van der Waals surface area (Å²) in [6, 6.07) is 26.9.